The van der Waals surface area contributed by atoms with Crippen molar-refractivity contribution in [3.63, 3.8) is 0 Å². The molecule has 0 bridgehead atoms. The Kier molecular flexibility index (Phi) is 6.41. The number of ether oxygens (including phenoxy) is 1. The number of carbonyl (C=O) groups excluding carboxylic acids is 1. The van der Waals surface area contributed by atoms with Crippen molar-refractivity contribution in [2.24, 2.45) is 5.41 Å². The van der Waals surface area contributed by atoms with E-state index in [0.717, 1.165) is 17.0 Å². The number of amides is 1. The summed E-state index contributed by atoms with van der Waals surface area (Å²) in [5, 5.41) is 18.6. The number of rotatable bonds is 9. The first-order valence-corrected chi connectivity index (χ1v) is 9.40. The molecule has 0 saturated carbocycles. The van der Waals surface area contributed by atoms with Crippen LogP contribution in [-0.2, 0) is 11.4 Å². The molecule has 1 amide bonds. The molecule has 0 aliphatic rings. The Balaban J connectivity index is 1.53. The van der Waals surface area contributed by atoms with Crippen molar-refractivity contribution in [2.45, 2.75) is 26.9 Å². The summed E-state index contributed by atoms with van der Waals surface area (Å²) in [4.78, 5) is 31.8. The topological polar surface area (TPSA) is 130 Å². The minimum Gasteiger partial charge on any atom is -0.487 e. The summed E-state index contributed by atoms with van der Waals surface area (Å²) < 4.78 is 5.74. The lowest BCUT2D eigenvalue weighted by Gasteiger charge is -2.18. The molecule has 156 valence electrons. The third-order valence-electron chi connectivity index (χ3n) is 4.59. The van der Waals surface area contributed by atoms with Crippen molar-refractivity contribution in [1.29, 1.82) is 0 Å². The van der Waals surface area contributed by atoms with Gasteiger partial charge in [0.25, 0.3) is 5.91 Å². The molecule has 0 saturated heterocycles. The lowest BCUT2D eigenvalue weighted by molar-refractivity contribution is -0.147. The van der Waals surface area contributed by atoms with Crippen LogP contribution in [0.4, 0.5) is 0 Å². The monoisotopic (exact) mass is 409 g/mol. The first-order valence-electron chi connectivity index (χ1n) is 9.40. The number of carboxylic acid groups (broad SMARTS) is 1. The average molecular weight is 409 g/mol. The molecule has 0 aromatic carbocycles. The fourth-order valence-corrected chi connectivity index (χ4v) is 2.56. The number of nitrogens with zero attached hydrogens (tertiary/aromatic N) is 3. The summed E-state index contributed by atoms with van der Waals surface area (Å²) in [5.74, 6) is -0.665. The molecule has 0 fully saturated rings. The summed E-state index contributed by atoms with van der Waals surface area (Å²) in [5.41, 5.74) is 1.69. The lowest BCUT2D eigenvalue weighted by atomic mass is 9.90. The molecule has 0 aliphatic carbocycles. The van der Waals surface area contributed by atoms with Crippen LogP contribution in [0, 0.1) is 5.41 Å². The van der Waals surface area contributed by atoms with Crippen LogP contribution < -0.4 is 10.1 Å². The fraction of sp³-hybridized carbons (Fsp3) is 0.286. The number of aliphatic carboxylic acids is 1. The second-order valence-corrected chi connectivity index (χ2v) is 7.38. The fourth-order valence-electron chi connectivity index (χ4n) is 2.56. The zero-order chi connectivity index (χ0) is 21.6. The van der Waals surface area contributed by atoms with Gasteiger partial charge in [0.05, 0.1) is 23.0 Å². The maximum atomic E-state index is 12.3. The molecule has 3 rings (SSSR count). The van der Waals surface area contributed by atoms with Crippen LogP contribution in [0.1, 0.15) is 36.3 Å². The van der Waals surface area contributed by atoms with E-state index >= 15 is 0 Å². The van der Waals surface area contributed by atoms with Gasteiger partial charge >= 0.3 is 5.97 Å². The molecule has 9 heteroatoms. The maximum Gasteiger partial charge on any atom is 0.309 e. The maximum absolute atomic E-state index is 12.3. The molecular formula is C21H23N5O4. The second kappa shape index (κ2) is 9.17. The van der Waals surface area contributed by atoms with E-state index in [1.807, 2.05) is 18.2 Å². The normalized spacial score (nSPS) is 11.1. The number of carboxylic acids is 1. The van der Waals surface area contributed by atoms with Crippen LogP contribution >= 0.6 is 0 Å². The lowest BCUT2D eigenvalue weighted by Crippen LogP contribution is -2.32. The molecule has 0 unspecified atom stereocenters. The van der Waals surface area contributed by atoms with Gasteiger partial charge in [-0.05, 0) is 56.2 Å². The first-order chi connectivity index (χ1) is 14.3. The third-order valence-corrected chi connectivity index (χ3v) is 4.59. The molecule has 0 spiro atoms. The Morgan fingerprint density at radius 3 is 2.67 bits per heavy atom. The molecule has 9 nitrogen and oxygen atoms in total. The Labute approximate surface area is 173 Å². The van der Waals surface area contributed by atoms with Gasteiger partial charge in [0.15, 0.2) is 0 Å². The number of aromatic amines is 1. The number of pyridine rings is 2. The number of H-pyrrole nitrogens is 1. The number of aromatic nitrogens is 4. The standard InChI is InChI=1S/C21H23N5O4/c1-21(2,20(28)29)7-10-23-19(27)18-11-14(5-8-22-18)13-30-15-3-4-16(24-12-15)17-6-9-25-26-17/h3-6,8-9,11-12H,7,10,13H2,1-2H3,(H,23,27)(H,25,26)(H,28,29). The van der Waals surface area contributed by atoms with E-state index in [2.05, 4.69) is 25.5 Å². The van der Waals surface area contributed by atoms with Gasteiger partial charge in [-0.1, -0.05) is 0 Å². The van der Waals surface area contributed by atoms with Crippen molar-refractivity contribution in [3.05, 3.63) is 60.2 Å². The quantitative estimate of drug-likeness (QED) is 0.495. The highest BCUT2D eigenvalue weighted by molar-refractivity contribution is 5.92. The summed E-state index contributed by atoms with van der Waals surface area (Å²) in [7, 11) is 0. The summed E-state index contributed by atoms with van der Waals surface area (Å²) in [6.45, 7) is 3.73. The van der Waals surface area contributed by atoms with Crippen LogP contribution in [0.5, 0.6) is 5.75 Å². The number of nitrogens with one attached hydrogen (secondary N) is 2. The van der Waals surface area contributed by atoms with Crippen LogP contribution in [0.3, 0.4) is 0 Å². The molecule has 3 N–H and O–H groups in total. The van der Waals surface area contributed by atoms with Crippen LogP contribution in [0.25, 0.3) is 11.4 Å². The third kappa shape index (κ3) is 5.40. The van der Waals surface area contributed by atoms with E-state index in [1.54, 1.807) is 38.4 Å². The zero-order valence-corrected chi connectivity index (χ0v) is 16.8. The van der Waals surface area contributed by atoms with Gasteiger partial charge in [0.2, 0.25) is 0 Å². The van der Waals surface area contributed by atoms with Crippen LogP contribution in [-0.4, -0.2) is 43.7 Å². The van der Waals surface area contributed by atoms with Gasteiger partial charge in [0.1, 0.15) is 18.1 Å². The Morgan fingerprint density at radius 2 is 2.00 bits per heavy atom. The number of hydrogen-bond donors (Lipinski definition) is 3. The SMILES string of the molecule is CC(C)(CCNC(=O)c1cc(COc2ccc(-c3ccn[nH]3)nc2)ccn1)C(=O)O. The van der Waals surface area contributed by atoms with Crippen molar-refractivity contribution < 1.29 is 19.4 Å². The minimum absolute atomic E-state index is 0.245. The summed E-state index contributed by atoms with van der Waals surface area (Å²) >= 11 is 0. The van der Waals surface area contributed by atoms with Crippen molar-refractivity contribution in [2.75, 3.05) is 6.54 Å². The highest BCUT2D eigenvalue weighted by atomic mass is 16.5. The molecule has 0 radical (unpaired) electrons. The highest BCUT2D eigenvalue weighted by Crippen LogP contribution is 2.20. The first kappa shape index (κ1) is 21.0. The molecule has 0 aliphatic heterocycles. The van der Waals surface area contributed by atoms with Crippen LogP contribution in [0.15, 0.2) is 48.9 Å². The van der Waals surface area contributed by atoms with Gasteiger partial charge in [-0.3, -0.25) is 24.7 Å². The summed E-state index contributed by atoms with van der Waals surface area (Å²) in [6, 6.07) is 8.87. The Hall–Kier alpha value is -3.75. The van der Waals surface area contributed by atoms with Gasteiger partial charge < -0.3 is 15.2 Å². The number of carbonyl (C=O) groups is 2. The smallest absolute Gasteiger partial charge is 0.309 e. The molecule has 3 aromatic rings. The molecular weight excluding hydrogens is 386 g/mol. The Bertz CT molecular complexity index is 1000. The van der Waals surface area contributed by atoms with Gasteiger partial charge in [0, 0.05) is 18.9 Å². The predicted molar refractivity (Wildman–Crippen MR) is 109 cm³/mol. The Morgan fingerprint density at radius 1 is 1.17 bits per heavy atom. The molecule has 0 atom stereocenters. The van der Waals surface area contributed by atoms with E-state index < -0.39 is 11.4 Å². The van der Waals surface area contributed by atoms with E-state index in [9.17, 15) is 9.59 Å². The molecule has 3 aromatic heterocycles. The molecule has 30 heavy (non-hydrogen) atoms. The van der Waals surface area contributed by atoms with E-state index in [-0.39, 0.29) is 24.8 Å². The molecule has 3 heterocycles. The van der Waals surface area contributed by atoms with Crippen molar-refractivity contribution >= 4 is 11.9 Å². The van der Waals surface area contributed by atoms with Crippen LogP contribution in [0.2, 0.25) is 0 Å². The zero-order valence-electron chi connectivity index (χ0n) is 16.8. The van der Waals surface area contributed by atoms with E-state index in [0.29, 0.717) is 12.2 Å². The van der Waals surface area contributed by atoms with Crippen molar-refractivity contribution in [3.8, 4) is 17.1 Å². The largest absolute Gasteiger partial charge is 0.487 e. The van der Waals surface area contributed by atoms with Crippen molar-refractivity contribution in [1.82, 2.24) is 25.5 Å². The van der Waals surface area contributed by atoms with Gasteiger partial charge in [-0.2, -0.15) is 5.10 Å². The number of hydrogen-bond acceptors (Lipinski definition) is 6. The second-order valence-electron chi connectivity index (χ2n) is 7.38. The van der Waals surface area contributed by atoms with E-state index in [4.69, 9.17) is 9.84 Å². The average Bonchev–Trinajstić information content (AvgIpc) is 3.27. The van der Waals surface area contributed by atoms with Gasteiger partial charge in [-0.25, -0.2) is 0 Å². The van der Waals surface area contributed by atoms with Gasteiger partial charge in [-0.15, -0.1) is 0 Å². The van der Waals surface area contributed by atoms with E-state index in [1.165, 1.54) is 6.20 Å². The minimum atomic E-state index is -0.905. The summed E-state index contributed by atoms with van der Waals surface area (Å²) in [6.07, 6.45) is 5.13. The highest BCUT2D eigenvalue weighted by Gasteiger charge is 2.26. The predicted octanol–water partition coefficient (Wildman–Crippen LogP) is 2.68.